The first-order valence-electron chi connectivity index (χ1n) is 8.37. The summed E-state index contributed by atoms with van der Waals surface area (Å²) < 4.78 is 5.01. The van der Waals surface area contributed by atoms with Crippen LogP contribution in [0.5, 0.6) is 0 Å². The number of likely N-dealkylation sites (tertiary alicyclic amines) is 1. The minimum atomic E-state index is -0.543. The zero-order chi connectivity index (χ0) is 18.1. The molecule has 0 radical (unpaired) electrons. The lowest BCUT2D eigenvalue weighted by Gasteiger charge is -2.24. The summed E-state index contributed by atoms with van der Waals surface area (Å²) in [6.07, 6.45) is 0.843. The summed E-state index contributed by atoms with van der Waals surface area (Å²) >= 11 is 0. The van der Waals surface area contributed by atoms with Crippen LogP contribution in [0.2, 0.25) is 0 Å². The fourth-order valence-electron chi connectivity index (χ4n) is 3.23. The molecule has 0 bridgehead atoms. The van der Waals surface area contributed by atoms with Crippen LogP contribution >= 0.6 is 0 Å². The maximum absolute atomic E-state index is 12.7. The van der Waals surface area contributed by atoms with E-state index in [0.29, 0.717) is 36.2 Å². The number of H-pyrrole nitrogens is 1. The molecule has 4 rings (SSSR count). The highest BCUT2D eigenvalue weighted by atomic mass is 16.4. The van der Waals surface area contributed by atoms with Gasteiger partial charge in [-0.1, -0.05) is 30.3 Å². The van der Waals surface area contributed by atoms with Crippen LogP contribution in [0.15, 0.2) is 57.7 Å². The number of oxazole rings is 1. The Morgan fingerprint density at radius 2 is 2.00 bits per heavy atom. The van der Waals surface area contributed by atoms with Crippen LogP contribution in [-0.2, 0) is 16.1 Å². The maximum Gasteiger partial charge on any atom is 0.417 e. The number of rotatable bonds is 4. The van der Waals surface area contributed by atoms with Crippen LogP contribution in [-0.4, -0.2) is 27.7 Å². The Bertz CT molecular complexity index is 1020. The predicted octanol–water partition coefficient (Wildman–Crippen LogP) is 2.25. The second-order valence-electron chi connectivity index (χ2n) is 6.28. The topological polar surface area (TPSA) is 95.4 Å². The monoisotopic (exact) mass is 351 g/mol. The standard InChI is InChI=1S/C19H17N3O4/c23-17-9-8-15(22(17)11-12-4-2-1-3-5-12)18(24)20-13-6-7-14-16(10-13)26-19(25)21-14/h1-7,10,15H,8-9,11H2,(H,20,24)(H,21,25). The number of nitrogens with zero attached hydrogens (tertiary/aromatic N) is 1. The third-order valence-corrected chi connectivity index (χ3v) is 4.52. The van der Waals surface area contributed by atoms with Gasteiger partial charge in [0.25, 0.3) is 0 Å². The molecule has 2 N–H and O–H groups in total. The molecule has 0 aliphatic carbocycles. The Hall–Kier alpha value is -3.35. The number of fused-ring (bicyclic) bond motifs is 1. The molecule has 0 spiro atoms. The molecule has 132 valence electrons. The first-order chi connectivity index (χ1) is 12.6. The fourth-order valence-corrected chi connectivity index (χ4v) is 3.23. The second kappa shape index (κ2) is 6.51. The summed E-state index contributed by atoms with van der Waals surface area (Å²) in [6.45, 7) is 0.406. The Morgan fingerprint density at radius 3 is 2.81 bits per heavy atom. The summed E-state index contributed by atoms with van der Waals surface area (Å²) in [5.74, 6) is -0.816. The molecular formula is C19H17N3O4. The number of carbonyl (C=O) groups is 2. The van der Waals surface area contributed by atoms with Crippen LogP contribution in [0, 0.1) is 0 Å². The van der Waals surface area contributed by atoms with Crippen molar-refractivity contribution >= 4 is 28.6 Å². The highest BCUT2D eigenvalue weighted by Gasteiger charge is 2.35. The lowest BCUT2D eigenvalue weighted by molar-refractivity contribution is -0.133. The second-order valence-corrected chi connectivity index (χ2v) is 6.28. The van der Waals surface area contributed by atoms with Gasteiger partial charge in [0.2, 0.25) is 11.8 Å². The summed E-state index contributed by atoms with van der Waals surface area (Å²) in [4.78, 5) is 40.3. The summed E-state index contributed by atoms with van der Waals surface area (Å²) in [5.41, 5.74) is 2.44. The highest BCUT2D eigenvalue weighted by molar-refractivity contribution is 5.99. The first kappa shape index (κ1) is 16.1. The lowest BCUT2D eigenvalue weighted by atomic mass is 10.1. The van der Waals surface area contributed by atoms with Gasteiger partial charge in [0.1, 0.15) is 6.04 Å². The van der Waals surface area contributed by atoms with Gasteiger partial charge in [-0.2, -0.15) is 0 Å². The van der Waals surface area contributed by atoms with Crippen molar-refractivity contribution < 1.29 is 14.0 Å². The zero-order valence-electron chi connectivity index (χ0n) is 13.9. The van der Waals surface area contributed by atoms with E-state index < -0.39 is 11.8 Å². The fraction of sp³-hybridized carbons (Fsp3) is 0.211. The van der Waals surface area contributed by atoms with Gasteiger partial charge in [-0.15, -0.1) is 0 Å². The van der Waals surface area contributed by atoms with Crippen molar-refractivity contribution in [2.45, 2.75) is 25.4 Å². The summed E-state index contributed by atoms with van der Waals surface area (Å²) in [5, 5.41) is 2.81. The van der Waals surface area contributed by atoms with Crippen molar-refractivity contribution in [3.05, 3.63) is 64.6 Å². The van der Waals surface area contributed by atoms with Gasteiger partial charge in [0, 0.05) is 24.7 Å². The van der Waals surface area contributed by atoms with Gasteiger partial charge in [-0.3, -0.25) is 14.6 Å². The van der Waals surface area contributed by atoms with E-state index in [1.54, 1.807) is 23.1 Å². The molecule has 2 amide bonds. The molecule has 3 aromatic rings. The first-order valence-corrected chi connectivity index (χ1v) is 8.37. The van der Waals surface area contributed by atoms with Crippen molar-refractivity contribution in [3.8, 4) is 0 Å². The minimum absolute atomic E-state index is 0.0268. The molecule has 2 aromatic carbocycles. The van der Waals surface area contributed by atoms with E-state index in [1.807, 2.05) is 30.3 Å². The normalized spacial score (nSPS) is 17.0. The van der Waals surface area contributed by atoms with E-state index in [4.69, 9.17) is 4.42 Å². The van der Waals surface area contributed by atoms with E-state index in [0.717, 1.165) is 5.56 Å². The zero-order valence-corrected chi connectivity index (χ0v) is 13.9. The number of carbonyl (C=O) groups excluding carboxylic acids is 2. The van der Waals surface area contributed by atoms with E-state index in [1.165, 1.54) is 0 Å². The van der Waals surface area contributed by atoms with Crippen LogP contribution < -0.4 is 11.1 Å². The molecule has 1 aliphatic rings. The lowest BCUT2D eigenvalue weighted by Crippen LogP contribution is -2.41. The number of benzene rings is 2. The number of aromatic nitrogens is 1. The molecule has 2 heterocycles. The van der Waals surface area contributed by atoms with Gasteiger partial charge in [-0.05, 0) is 24.1 Å². The van der Waals surface area contributed by atoms with Crippen molar-refractivity contribution in [2.75, 3.05) is 5.32 Å². The average Bonchev–Trinajstić information content (AvgIpc) is 3.17. The van der Waals surface area contributed by atoms with E-state index in [-0.39, 0.29) is 11.8 Å². The van der Waals surface area contributed by atoms with E-state index >= 15 is 0 Å². The van der Waals surface area contributed by atoms with Crippen LogP contribution in [0.3, 0.4) is 0 Å². The van der Waals surface area contributed by atoms with Crippen LogP contribution in [0.1, 0.15) is 18.4 Å². The predicted molar refractivity (Wildman–Crippen MR) is 95.5 cm³/mol. The minimum Gasteiger partial charge on any atom is -0.408 e. The van der Waals surface area contributed by atoms with Crippen molar-refractivity contribution in [2.24, 2.45) is 0 Å². The number of nitrogens with one attached hydrogen (secondary N) is 2. The molecule has 0 saturated carbocycles. The van der Waals surface area contributed by atoms with Gasteiger partial charge < -0.3 is 14.6 Å². The van der Waals surface area contributed by atoms with Gasteiger partial charge >= 0.3 is 5.76 Å². The van der Waals surface area contributed by atoms with E-state index in [2.05, 4.69) is 10.3 Å². The summed E-state index contributed by atoms with van der Waals surface area (Å²) in [7, 11) is 0. The SMILES string of the molecule is O=C(Nc1ccc2[nH]c(=O)oc2c1)C1CCC(=O)N1Cc1ccccc1. The van der Waals surface area contributed by atoms with Gasteiger partial charge in [-0.25, -0.2) is 4.79 Å². The number of amides is 2. The molecule has 1 atom stereocenters. The van der Waals surface area contributed by atoms with Crippen molar-refractivity contribution in [1.29, 1.82) is 0 Å². The van der Waals surface area contributed by atoms with Crippen molar-refractivity contribution in [3.63, 3.8) is 0 Å². The average molecular weight is 351 g/mol. The Kier molecular flexibility index (Phi) is 4.04. The molecule has 7 heteroatoms. The van der Waals surface area contributed by atoms with Gasteiger partial charge in [0.05, 0.1) is 5.52 Å². The van der Waals surface area contributed by atoms with Gasteiger partial charge in [0.15, 0.2) is 5.58 Å². The highest BCUT2D eigenvalue weighted by Crippen LogP contribution is 2.24. The molecule has 1 unspecified atom stereocenters. The third-order valence-electron chi connectivity index (χ3n) is 4.52. The van der Waals surface area contributed by atoms with E-state index in [9.17, 15) is 14.4 Å². The Balaban J connectivity index is 1.51. The third kappa shape index (κ3) is 3.11. The molecule has 1 aliphatic heterocycles. The molecule has 7 nitrogen and oxygen atoms in total. The largest absolute Gasteiger partial charge is 0.417 e. The molecule has 1 aromatic heterocycles. The quantitative estimate of drug-likeness (QED) is 0.754. The number of anilines is 1. The maximum atomic E-state index is 12.7. The number of hydrogen-bond acceptors (Lipinski definition) is 4. The smallest absolute Gasteiger partial charge is 0.408 e. The summed E-state index contributed by atoms with van der Waals surface area (Å²) in [6, 6.07) is 14.0. The molecular weight excluding hydrogens is 334 g/mol. The Labute approximate surface area is 148 Å². The number of hydrogen-bond donors (Lipinski definition) is 2. The van der Waals surface area contributed by atoms with Crippen LogP contribution in [0.25, 0.3) is 11.1 Å². The number of aromatic amines is 1. The molecule has 1 saturated heterocycles. The van der Waals surface area contributed by atoms with Crippen molar-refractivity contribution in [1.82, 2.24) is 9.88 Å². The molecule has 26 heavy (non-hydrogen) atoms. The Morgan fingerprint density at radius 1 is 1.19 bits per heavy atom. The molecule has 1 fully saturated rings. The van der Waals surface area contributed by atoms with Crippen LogP contribution in [0.4, 0.5) is 5.69 Å².